The van der Waals surface area contributed by atoms with Crippen LogP contribution >= 0.6 is 11.3 Å². The fourth-order valence-electron chi connectivity index (χ4n) is 5.20. The molecule has 1 aliphatic heterocycles. The van der Waals surface area contributed by atoms with Crippen molar-refractivity contribution in [3.8, 4) is 11.5 Å². The first-order chi connectivity index (χ1) is 16.6. The monoisotopic (exact) mass is 483 g/mol. The van der Waals surface area contributed by atoms with Crippen LogP contribution in [-0.4, -0.2) is 31.1 Å². The molecule has 8 heteroatoms. The summed E-state index contributed by atoms with van der Waals surface area (Å²) in [6.45, 7) is 2.34. The van der Waals surface area contributed by atoms with Gasteiger partial charge < -0.3 is 25.4 Å². The predicted octanol–water partition coefficient (Wildman–Crippen LogP) is 4.71. The number of amides is 2. The fourth-order valence-corrected chi connectivity index (χ4v) is 6.51. The van der Waals surface area contributed by atoms with Crippen molar-refractivity contribution in [1.29, 1.82) is 0 Å². The summed E-state index contributed by atoms with van der Waals surface area (Å²) in [6, 6.07) is 5.87. The number of fused-ring (bicyclic) bond motifs is 3. The molecule has 0 bridgehead atoms. The largest absolute Gasteiger partial charge is 0.490 e. The van der Waals surface area contributed by atoms with Crippen LogP contribution < -0.4 is 25.4 Å². The van der Waals surface area contributed by atoms with Crippen LogP contribution in [0.5, 0.6) is 11.5 Å². The number of aryl methyl sites for hydroxylation is 1. The maximum Gasteiger partial charge on any atom is 0.258 e. The Hall–Kier alpha value is -2.74. The lowest BCUT2D eigenvalue weighted by molar-refractivity contribution is -0.124. The van der Waals surface area contributed by atoms with Gasteiger partial charge in [0, 0.05) is 10.9 Å². The highest BCUT2D eigenvalue weighted by atomic mass is 32.1. The SMILES string of the molecule is CCOc1cc(C2NC(=O)c3c(sc4c3CCCC4)N2)ccc1OCC(=O)NC1CCCCC1. The number of nitrogens with one attached hydrogen (secondary N) is 3. The van der Waals surface area contributed by atoms with Crippen molar-refractivity contribution in [3.63, 3.8) is 0 Å². The highest BCUT2D eigenvalue weighted by molar-refractivity contribution is 7.16. The minimum atomic E-state index is -0.344. The lowest BCUT2D eigenvalue weighted by Gasteiger charge is -2.27. The standard InChI is InChI=1S/C26H33N3O4S/c1-2-32-20-14-16(12-13-19(20)33-15-22(30)27-17-8-4-3-5-9-17)24-28-25(31)23-18-10-6-7-11-21(18)34-26(23)29-24/h12-14,17,24,29H,2-11,15H2,1H3,(H,27,30)(H,28,31). The molecule has 5 rings (SSSR count). The van der Waals surface area contributed by atoms with Crippen LogP contribution in [0.25, 0.3) is 0 Å². The minimum Gasteiger partial charge on any atom is -0.490 e. The summed E-state index contributed by atoms with van der Waals surface area (Å²) >= 11 is 1.71. The second-order valence-electron chi connectivity index (χ2n) is 9.30. The van der Waals surface area contributed by atoms with Crippen LogP contribution in [0.15, 0.2) is 18.2 Å². The van der Waals surface area contributed by atoms with Crippen molar-refractivity contribution >= 4 is 28.2 Å². The van der Waals surface area contributed by atoms with Gasteiger partial charge in [-0.3, -0.25) is 9.59 Å². The lowest BCUT2D eigenvalue weighted by Crippen LogP contribution is -2.39. The number of hydrogen-bond acceptors (Lipinski definition) is 6. The van der Waals surface area contributed by atoms with Crippen molar-refractivity contribution in [2.75, 3.05) is 18.5 Å². The third-order valence-electron chi connectivity index (χ3n) is 6.88. The van der Waals surface area contributed by atoms with Crippen molar-refractivity contribution in [1.82, 2.24) is 10.6 Å². The van der Waals surface area contributed by atoms with Gasteiger partial charge in [-0.25, -0.2) is 0 Å². The van der Waals surface area contributed by atoms with Gasteiger partial charge in [0.05, 0.1) is 12.2 Å². The molecular formula is C26H33N3O4S. The van der Waals surface area contributed by atoms with E-state index < -0.39 is 0 Å². The maximum absolute atomic E-state index is 13.0. The Balaban J connectivity index is 1.28. The Kier molecular flexibility index (Phi) is 6.94. The van der Waals surface area contributed by atoms with Gasteiger partial charge in [0.25, 0.3) is 11.8 Å². The first kappa shape index (κ1) is 23.0. The molecule has 3 N–H and O–H groups in total. The predicted molar refractivity (Wildman–Crippen MR) is 133 cm³/mol. The van der Waals surface area contributed by atoms with Gasteiger partial charge in [-0.15, -0.1) is 11.3 Å². The summed E-state index contributed by atoms with van der Waals surface area (Å²) in [6.07, 6.45) is 9.70. The number of anilines is 1. The smallest absolute Gasteiger partial charge is 0.258 e. The van der Waals surface area contributed by atoms with E-state index in [1.165, 1.54) is 36.1 Å². The Morgan fingerprint density at radius 2 is 1.88 bits per heavy atom. The van der Waals surface area contributed by atoms with Crippen LogP contribution in [0.1, 0.15) is 84.4 Å². The second-order valence-corrected chi connectivity index (χ2v) is 10.4. The normalized spacial score (nSPS) is 19.9. The summed E-state index contributed by atoms with van der Waals surface area (Å²) in [5.41, 5.74) is 2.93. The average molecular weight is 484 g/mol. The topological polar surface area (TPSA) is 88.7 Å². The number of thiophene rings is 1. The van der Waals surface area contributed by atoms with Crippen molar-refractivity contribution < 1.29 is 19.1 Å². The van der Waals surface area contributed by atoms with Crippen molar-refractivity contribution in [2.24, 2.45) is 0 Å². The van der Waals surface area contributed by atoms with Gasteiger partial charge >= 0.3 is 0 Å². The molecule has 182 valence electrons. The van der Waals surface area contributed by atoms with E-state index in [4.69, 9.17) is 9.47 Å². The van der Waals surface area contributed by atoms with E-state index in [0.717, 1.165) is 48.2 Å². The van der Waals surface area contributed by atoms with Crippen LogP contribution in [0.4, 0.5) is 5.00 Å². The van der Waals surface area contributed by atoms with E-state index in [9.17, 15) is 9.59 Å². The number of hydrogen-bond donors (Lipinski definition) is 3. The van der Waals surface area contributed by atoms with Gasteiger partial charge in [-0.2, -0.15) is 0 Å². The average Bonchev–Trinajstić information content (AvgIpc) is 3.23. The highest BCUT2D eigenvalue weighted by Gasteiger charge is 2.32. The van der Waals surface area contributed by atoms with Gasteiger partial charge in [-0.1, -0.05) is 25.3 Å². The summed E-state index contributed by atoms with van der Waals surface area (Å²) in [4.78, 5) is 26.7. The molecule has 1 fully saturated rings. The lowest BCUT2D eigenvalue weighted by atomic mass is 9.94. The highest BCUT2D eigenvalue weighted by Crippen LogP contribution is 2.42. The molecule has 1 atom stereocenters. The van der Waals surface area contributed by atoms with Gasteiger partial charge in [0.2, 0.25) is 0 Å². The van der Waals surface area contributed by atoms with Crippen LogP contribution in [-0.2, 0) is 17.6 Å². The molecule has 2 aliphatic carbocycles. The zero-order valence-corrected chi connectivity index (χ0v) is 20.5. The Morgan fingerprint density at radius 1 is 1.06 bits per heavy atom. The molecule has 2 amide bonds. The fraction of sp³-hybridized carbons (Fsp3) is 0.538. The minimum absolute atomic E-state index is 0.0178. The Morgan fingerprint density at radius 3 is 2.71 bits per heavy atom. The van der Waals surface area contributed by atoms with Crippen molar-refractivity contribution in [3.05, 3.63) is 39.8 Å². The van der Waals surface area contributed by atoms with Gasteiger partial charge in [-0.05, 0) is 68.7 Å². The molecular weight excluding hydrogens is 450 g/mol. The third-order valence-corrected chi connectivity index (χ3v) is 8.10. The summed E-state index contributed by atoms with van der Waals surface area (Å²) in [7, 11) is 0. The molecule has 1 unspecified atom stereocenters. The first-order valence-electron chi connectivity index (χ1n) is 12.5. The van der Waals surface area contributed by atoms with E-state index in [0.29, 0.717) is 18.1 Å². The molecule has 1 saturated carbocycles. The maximum atomic E-state index is 13.0. The Labute approximate surface area is 204 Å². The van der Waals surface area contributed by atoms with Crippen LogP contribution in [0.3, 0.4) is 0 Å². The number of benzene rings is 1. The molecule has 1 aromatic heterocycles. The van der Waals surface area contributed by atoms with Gasteiger partial charge in [0.15, 0.2) is 18.1 Å². The van der Waals surface area contributed by atoms with E-state index in [-0.39, 0.29) is 30.6 Å². The van der Waals surface area contributed by atoms with Crippen LogP contribution in [0, 0.1) is 0 Å². The number of rotatable bonds is 7. The second kappa shape index (κ2) is 10.3. The zero-order chi connectivity index (χ0) is 23.5. The summed E-state index contributed by atoms with van der Waals surface area (Å²) < 4.78 is 11.6. The van der Waals surface area contributed by atoms with E-state index >= 15 is 0 Å². The third kappa shape index (κ3) is 4.87. The molecule has 0 saturated heterocycles. The molecule has 0 radical (unpaired) electrons. The molecule has 0 spiro atoms. The quantitative estimate of drug-likeness (QED) is 0.531. The molecule has 34 heavy (non-hydrogen) atoms. The molecule has 1 aromatic carbocycles. The van der Waals surface area contributed by atoms with Crippen molar-refractivity contribution in [2.45, 2.75) is 76.9 Å². The van der Waals surface area contributed by atoms with Gasteiger partial charge in [0.1, 0.15) is 11.2 Å². The number of ether oxygens (including phenoxy) is 2. The summed E-state index contributed by atoms with van der Waals surface area (Å²) in [5.74, 6) is 0.973. The Bertz CT molecular complexity index is 1060. The zero-order valence-electron chi connectivity index (χ0n) is 19.7. The number of carbonyl (C=O) groups is 2. The number of carbonyl (C=O) groups excluding carboxylic acids is 2. The summed E-state index contributed by atoms with van der Waals surface area (Å²) in [5, 5.41) is 10.7. The van der Waals surface area contributed by atoms with Crippen LogP contribution in [0.2, 0.25) is 0 Å². The van der Waals surface area contributed by atoms with E-state index in [1.807, 2.05) is 25.1 Å². The first-order valence-corrected chi connectivity index (χ1v) is 13.3. The molecule has 2 aromatic rings. The van der Waals surface area contributed by atoms with E-state index in [2.05, 4.69) is 16.0 Å². The van der Waals surface area contributed by atoms with E-state index in [1.54, 1.807) is 11.3 Å². The molecule has 3 aliphatic rings. The molecule has 7 nitrogen and oxygen atoms in total. The molecule has 2 heterocycles.